The highest BCUT2D eigenvalue weighted by Gasteiger charge is 2.34. The first-order valence-electron chi connectivity index (χ1n) is 5.97. The van der Waals surface area contributed by atoms with Gasteiger partial charge < -0.3 is 15.0 Å². The normalized spacial score (nSPS) is 19.9. The van der Waals surface area contributed by atoms with Crippen LogP contribution in [0.3, 0.4) is 0 Å². The summed E-state index contributed by atoms with van der Waals surface area (Å²) in [6.07, 6.45) is -5.04. The van der Waals surface area contributed by atoms with Gasteiger partial charge in [-0.2, -0.15) is 13.2 Å². The number of carbonyl (C=O) groups is 1. The smallest absolute Gasteiger partial charge is 0.366 e. The van der Waals surface area contributed by atoms with Crippen LogP contribution in [0.25, 0.3) is 0 Å². The number of halogens is 3. The molecule has 1 saturated heterocycles. The Balaban J connectivity index is 1.95. The molecule has 1 atom stereocenters. The fourth-order valence-corrected chi connectivity index (χ4v) is 2.62. The van der Waals surface area contributed by atoms with Crippen molar-refractivity contribution in [3.8, 4) is 0 Å². The Hall–Kier alpha value is -1.19. The van der Waals surface area contributed by atoms with E-state index in [4.69, 9.17) is 4.74 Å². The van der Waals surface area contributed by atoms with Crippen molar-refractivity contribution in [1.82, 2.24) is 15.2 Å². The van der Waals surface area contributed by atoms with E-state index >= 15 is 0 Å². The number of thiazole rings is 1. The van der Waals surface area contributed by atoms with Crippen molar-refractivity contribution in [2.24, 2.45) is 0 Å². The molecule has 5 nitrogen and oxygen atoms in total. The Kier molecular flexibility index (Phi) is 4.61. The molecule has 20 heavy (non-hydrogen) atoms. The molecule has 2 rings (SSSR count). The molecule has 112 valence electrons. The van der Waals surface area contributed by atoms with Gasteiger partial charge in [0.15, 0.2) is 5.69 Å². The molecule has 0 aliphatic carbocycles. The number of aromatic nitrogens is 1. The highest BCUT2D eigenvalue weighted by atomic mass is 32.1. The standard InChI is InChI=1S/C11H14F3N3O2S/c1-17(10(18)7-4-15-2-3-19-7)5-9-16-8(6-20-9)11(12,13)14/h6-7,15H,2-5H2,1H3. The third kappa shape index (κ3) is 3.68. The van der Waals surface area contributed by atoms with E-state index < -0.39 is 18.0 Å². The van der Waals surface area contributed by atoms with Crippen LogP contribution in [0.5, 0.6) is 0 Å². The van der Waals surface area contributed by atoms with E-state index in [1.807, 2.05) is 0 Å². The van der Waals surface area contributed by atoms with Crippen LogP contribution in [0.2, 0.25) is 0 Å². The average Bonchev–Trinajstić information content (AvgIpc) is 2.87. The van der Waals surface area contributed by atoms with E-state index in [0.29, 0.717) is 19.7 Å². The number of hydrogen-bond donors (Lipinski definition) is 1. The number of alkyl halides is 3. The molecular weight excluding hydrogens is 295 g/mol. The van der Waals surface area contributed by atoms with E-state index in [-0.39, 0.29) is 17.5 Å². The summed E-state index contributed by atoms with van der Waals surface area (Å²) < 4.78 is 42.6. The molecule has 0 spiro atoms. The summed E-state index contributed by atoms with van der Waals surface area (Å²) in [6, 6.07) is 0. The molecule has 1 aromatic heterocycles. The minimum absolute atomic E-state index is 0.0411. The largest absolute Gasteiger partial charge is 0.434 e. The lowest BCUT2D eigenvalue weighted by Crippen LogP contribution is -2.48. The molecule has 0 bridgehead atoms. The van der Waals surface area contributed by atoms with Gasteiger partial charge in [0.2, 0.25) is 0 Å². The van der Waals surface area contributed by atoms with Crippen LogP contribution in [0.1, 0.15) is 10.7 Å². The number of rotatable bonds is 3. The van der Waals surface area contributed by atoms with E-state index in [0.717, 1.165) is 16.7 Å². The number of nitrogens with zero attached hydrogens (tertiary/aromatic N) is 2. The summed E-state index contributed by atoms with van der Waals surface area (Å²) in [6.45, 7) is 1.59. The van der Waals surface area contributed by atoms with E-state index in [1.54, 1.807) is 0 Å². The maximum absolute atomic E-state index is 12.4. The molecule has 1 aliphatic heterocycles. The van der Waals surface area contributed by atoms with Gasteiger partial charge in [0.1, 0.15) is 11.1 Å². The average molecular weight is 309 g/mol. The number of hydrogen-bond acceptors (Lipinski definition) is 5. The van der Waals surface area contributed by atoms with E-state index in [2.05, 4.69) is 10.3 Å². The highest BCUT2D eigenvalue weighted by Crippen LogP contribution is 2.30. The van der Waals surface area contributed by atoms with Crippen molar-refractivity contribution in [3.05, 3.63) is 16.1 Å². The van der Waals surface area contributed by atoms with Crippen molar-refractivity contribution < 1.29 is 22.7 Å². The zero-order valence-corrected chi connectivity index (χ0v) is 11.6. The topological polar surface area (TPSA) is 54.5 Å². The fraction of sp³-hybridized carbons (Fsp3) is 0.636. The van der Waals surface area contributed by atoms with Crippen LogP contribution >= 0.6 is 11.3 Å². The van der Waals surface area contributed by atoms with E-state index in [1.165, 1.54) is 11.9 Å². The predicted molar refractivity (Wildman–Crippen MR) is 66.2 cm³/mol. The summed E-state index contributed by atoms with van der Waals surface area (Å²) in [5.41, 5.74) is -0.922. The molecule has 1 aliphatic rings. The first-order valence-corrected chi connectivity index (χ1v) is 6.85. The number of nitrogens with one attached hydrogen (secondary N) is 1. The Morgan fingerprint density at radius 2 is 2.40 bits per heavy atom. The Bertz CT molecular complexity index is 472. The van der Waals surface area contributed by atoms with Crippen LogP contribution in [0.15, 0.2) is 5.38 Å². The Morgan fingerprint density at radius 1 is 1.65 bits per heavy atom. The van der Waals surface area contributed by atoms with Crippen LogP contribution in [-0.4, -0.2) is 48.6 Å². The van der Waals surface area contributed by atoms with Crippen molar-refractivity contribution in [2.45, 2.75) is 18.8 Å². The number of likely N-dealkylation sites (N-methyl/N-ethyl adjacent to an activating group) is 1. The Labute approximate surface area is 117 Å². The number of carbonyl (C=O) groups excluding carboxylic acids is 1. The van der Waals surface area contributed by atoms with Gasteiger partial charge in [0, 0.05) is 25.5 Å². The quantitative estimate of drug-likeness (QED) is 0.909. The van der Waals surface area contributed by atoms with Crippen molar-refractivity contribution >= 4 is 17.2 Å². The lowest BCUT2D eigenvalue weighted by atomic mass is 10.2. The second kappa shape index (κ2) is 6.06. The van der Waals surface area contributed by atoms with Gasteiger partial charge in [-0.15, -0.1) is 11.3 Å². The highest BCUT2D eigenvalue weighted by molar-refractivity contribution is 7.09. The molecule has 1 aromatic rings. The molecule has 1 unspecified atom stereocenters. The maximum Gasteiger partial charge on any atom is 0.434 e. The number of amides is 1. The summed E-state index contributed by atoms with van der Waals surface area (Å²) >= 11 is 0.887. The summed E-state index contributed by atoms with van der Waals surface area (Å²) in [5, 5.41) is 4.22. The SMILES string of the molecule is CN(Cc1nc(C(F)(F)F)cs1)C(=O)C1CNCCO1. The zero-order chi connectivity index (χ0) is 14.8. The van der Waals surface area contributed by atoms with Crippen LogP contribution in [0.4, 0.5) is 13.2 Å². The second-order valence-electron chi connectivity index (χ2n) is 4.38. The molecule has 1 N–H and O–H groups in total. The molecular formula is C11H14F3N3O2S. The third-order valence-electron chi connectivity index (χ3n) is 2.79. The third-order valence-corrected chi connectivity index (χ3v) is 3.63. The van der Waals surface area contributed by atoms with Gasteiger partial charge in [-0.25, -0.2) is 4.98 Å². The predicted octanol–water partition coefficient (Wildman–Crippen LogP) is 1.11. The Morgan fingerprint density at radius 3 is 2.95 bits per heavy atom. The van der Waals surface area contributed by atoms with Gasteiger partial charge in [-0.1, -0.05) is 0 Å². The van der Waals surface area contributed by atoms with E-state index in [9.17, 15) is 18.0 Å². The van der Waals surface area contributed by atoms with Crippen molar-refractivity contribution in [3.63, 3.8) is 0 Å². The van der Waals surface area contributed by atoms with Gasteiger partial charge >= 0.3 is 6.18 Å². The molecule has 0 radical (unpaired) electrons. The van der Waals surface area contributed by atoms with Crippen molar-refractivity contribution in [2.75, 3.05) is 26.7 Å². The van der Waals surface area contributed by atoms with Crippen molar-refractivity contribution in [1.29, 1.82) is 0 Å². The van der Waals surface area contributed by atoms with Crippen LogP contribution in [0, 0.1) is 0 Å². The molecule has 2 heterocycles. The van der Waals surface area contributed by atoms with Gasteiger partial charge in [0.25, 0.3) is 5.91 Å². The molecule has 9 heteroatoms. The van der Waals surface area contributed by atoms with Crippen LogP contribution in [-0.2, 0) is 22.3 Å². The molecule has 1 fully saturated rings. The fourth-order valence-electron chi connectivity index (χ4n) is 1.76. The summed E-state index contributed by atoms with van der Waals surface area (Å²) in [7, 11) is 1.52. The second-order valence-corrected chi connectivity index (χ2v) is 5.32. The lowest BCUT2D eigenvalue weighted by Gasteiger charge is -2.26. The number of morpholine rings is 1. The monoisotopic (exact) mass is 309 g/mol. The number of ether oxygens (including phenoxy) is 1. The minimum Gasteiger partial charge on any atom is -0.366 e. The molecule has 1 amide bonds. The maximum atomic E-state index is 12.4. The van der Waals surface area contributed by atoms with Gasteiger partial charge in [-0.05, 0) is 0 Å². The lowest BCUT2D eigenvalue weighted by molar-refractivity contribution is -0.144. The summed E-state index contributed by atoms with van der Waals surface area (Å²) in [4.78, 5) is 16.8. The van der Waals surface area contributed by atoms with Crippen LogP contribution < -0.4 is 5.32 Å². The molecule has 0 saturated carbocycles. The summed E-state index contributed by atoms with van der Waals surface area (Å²) in [5.74, 6) is -0.263. The first-order chi connectivity index (χ1) is 9.38. The first kappa shape index (κ1) is 15.2. The van der Waals surface area contributed by atoms with Gasteiger partial charge in [0.05, 0.1) is 13.2 Å². The minimum atomic E-state index is -4.45. The van der Waals surface area contributed by atoms with Gasteiger partial charge in [-0.3, -0.25) is 4.79 Å². The zero-order valence-electron chi connectivity index (χ0n) is 10.7. The molecule has 0 aromatic carbocycles.